The van der Waals surface area contributed by atoms with Crippen LogP contribution in [0, 0.1) is 11.6 Å². The summed E-state index contributed by atoms with van der Waals surface area (Å²) in [5, 5.41) is 19.3. The third kappa shape index (κ3) is 9.61. The summed E-state index contributed by atoms with van der Waals surface area (Å²) < 4.78 is 26.8. The third-order valence-corrected chi connectivity index (χ3v) is 9.76. The van der Waals surface area contributed by atoms with E-state index in [1.54, 1.807) is 79.3 Å². The van der Waals surface area contributed by atoms with Crippen molar-refractivity contribution in [2.75, 3.05) is 36.2 Å². The smallest absolute Gasteiger partial charge is 0.408 e. The van der Waals surface area contributed by atoms with Gasteiger partial charge in [-0.15, -0.1) is 0 Å². The fourth-order valence-electron chi connectivity index (χ4n) is 6.75. The van der Waals surface area contributed by atoms with Crippen LogP contribution in [0.4, 0.5) is 29.7 Å². The van der Waals surface area contributed by atoms with Gasteiger partial charge in [0.15, 0.2) is 0 Å². The van der Waals surface area contributed by atoms with Crippen LogP contribution >= 0.6 is 23.2 Å². The second-order valence-corrected chi connectivity index (χ2v) is 14.9. The number of carbonyl (C=O) groups excluding carboxylic acids is 3. The van der Waals surface area contributed by atoms with Gasteiger partial charge < -0.3 is 16.2 Å². The van der Waals surface area contributed by atoms with Gasteiger partial charge in [0.2, 0.25) is 0 Å². The van der Waals surface area contributed by atoms with Crippen LogP contribution in [0.1, 0.15) is 56.8 Å². The van der Waals surface area contributed by atoms with Crippen LogP contribution in [0.2, 0.25) is 10.0 Å². The lowest BCUT2D eigenvalue weighted by molar-refractivity contribution is -0.138. The molecule has 0 spiro atoms. The molecule has 2 heterocycles. The molecule has 2 aliphatic heterocycles. The molecule has 0 saturated carbocycles. The average Bonchev–Trinajstić information content (AvgIpc) is 3.83. The lowest BCUT2D eigenvalue weighted by Crippen LogP contribution is -2.54. The van der Waals surface area contributed by atoms with E-state index in [1.165, 1.54) is 51.3 Å². The van der Waals surface area contributed by atoms with Gasteiger partial charge in [-0.3, -0.25) is 34.5 Å². The van der Waals surface area contributed by atoms with E-state index in [4.69, 9.17) is 28.9 Å². The molecule has 0 radical (unpaired) electrons. The van der Waals surface area contributed by atoms with Crippen LogP contribution in [0.15, 0.2) is 97.1 Å². The molecule has 2 atom stereocenters. The Bertz CT molecular complexity index is 2040. The number of rotatable bonds is 8. The van der Waals surface area contributed by atoms with Crippen molar-refractivity contribution in [3.8, 4) is 0 Å². The summed E-state index contributed by atoms with van der Waals surface area (Å²) in [6.45, 7) is 7.19. The first-order chi connectivity index (χ1) is 26.6. The van der Waals surface area contributed by atoms with Crippen molar-refractivity contribution in [2.45, 2.75) is 51.2 Å². The van der Waals surface area contributed by atoms with E-state index >= 15 is 0 Å². The zero-order chi connectivity index (χ0) is 40.7. The Hall–Kier alpha value is -5.60. The number of benzene rings is 4. The van der Waals surface area contributed by atoms with Crippen molar-refractivity contribution in [1.29, 1.82) is 0 Å². The number of anilines is 2. The largest absolute Gasteiger partial charge is 0.465 e. The number of hydrazine groups is 2. The first-order valence-corrected chi connectivity index (χ1v) is 18.6. The molecule has 296 valence electrons. The van der Waals surface area contributed by atoms with E-state index in [0.717, 1.165) is 6.42 Å². The van der Waals surface area contributed by atoms with Gasteiger partial charge in [0, 0.05) is 31.7 Å². The number of primary amides is 1. The highest BCUT2D eigenvalue weighted by atomic mass is 35.5. The average molecular weight is 811 g/mol. The Morgan fingerprint density at radius 3 is 1.57 bits per heavy atom. The van der Waals surface area contributed by atoms with Crippen LogP contribution in [0.25, 0.3) is 0 Å². The predicted octanol–water partition coefficient (Wildman–Crippen LogP) is 7.80. The summed E-state index contributed by atoms with van der Waals surface area (Å²) in [6.07, 6.45) is 0.219. The van der Waals surface area contributed by atoms with Crippen LogP contribution in [0.5, 0.6) is 0 Å². The molecule has 0 unspecified atom stereocenters. The molecular weight excluding hydrogens is 767 g/mol. The van der Waals surface area contributed by atoms with Gasteiger partial charge in [-0.1, -0.05) is 83.9 Å². The number of nitrogens with one attached hydrogen (secondary N) is 1. The second kappa shape index (κ2) is 17.9. The van der Waals surface area contributed by atoms with Gasteiger partial charge in [-0.25, -0.2) is 18.4 Å². The molecule has 4 aromatic carbocycles. The number of hydrogen-bond acceptors (Lipinski definition) is 6. The molecule has 0 aromatic heterocycles. The normalized spacial score (nSPS) is 15.1. The lowest BCUT2D eigenvalue weighted by atomic mass is 9.97. The Morgan fingerprint density at radius 1 is 0.714 bits per heavy atom. The topological polar surface area (TPSA) is 143 Å². The molecule has 4 N–H and O–H groups in total. The van der Waals surface area contributed by atoms with Crippen molar-refractivity contribution in [2.24, 2.45) is 5.73 Å². The summed E-state index contributed by atoms with van der Waals surface area (Å²) in [6, 6.07) is 23.0. The molecule has 0 aliphatic carbocycles. The summed E-state index contributed by atoms with van der Waals surface area (Å²) >= 11 is 12.4. The minimum atomic E-state index is -1.18. The molecule has 56 heavy (non-hydrogen) atoms. The maximum absolute atomic E-state index is 13.8. The minimum Gasteiger partial charge on any atom is -0.465 e. The van der Waals surface area contributed by atoms with Gasteiger partial charge in [0.25, 0.3) is 11.8 Å². The molecule has 4 aromatic rings. The monoisotopic (exact) mass is 809 g/mol. The second-order valence-electron chi connectivity index (χ2n) is 14.1. The van der Waals surface area contributed by atoms with Crippen molar-refractivity contribution >= 4 is 58.5 Å². The van der Waals surface area contributed by atoms with E-state index in [9.17, 15) is 33.1 Å². The minimum absolute atomic E-state index is 0.192. The van der Waals surface area contributed by atoms with Gasteiger partial charge in [-0.2, -0.15) is 0 Å². The molecule has 2 aliphatic rings. The van der Waals surface area contributed by atoms with Crippen molar-refractivity contribution in [3.63, 3.8) is 0 Å². The van der Waals surface area contributed by atoms with Gasteiger partial charge in [0.1, 0.15) is 23.7 Å². The van der Waals surface area contributed by atoms with Crippen LogP contribution in [-0.4, -0.2) is 75.7 Å². The third-order valence-electron chi connectivity index (χ3n) is 9.15. The highest BCUT2D eigenvalue weighted by Crippen LogP contribution is 2.36. The summed E-state index contributed by atoms with van der Waals surface area (Å²) in [4.78, 5) is 51.7. The molecule has 6 rings (SSSR count). The first-order valence-electron chi connectivity index (χ1n) is 17.8. The van der Waals surface area contributed by atoms with Crippen molar-refractivity contribution in [3.05, 3.63) is 130 Å². The Labute approximate surface area is 333 Å². The van der Waals surface area contributed by atoms with Gasteiger partial charge in [-0.05, 0) is 81.1 Å². The molecule has 0 bridgehead atoms. The number of carboxylic acid groups (broad SMARTS) is 1. The molecule has 5 amide bonds. The van der Waals surface area contributed by atoms with E-state index in [0.29, 0.717) is 55.1 Å². The van der Waals surface area contributed by atoms with Crippen molar-refractivity contribution < 1.29 is 33.1 Å². The fourth-order valence-corrected chi connectivity index (χ4v) is 7.28. The van der Waals surface area contributed by atoms with Crippen LogP contribution < -0.4 is 21.1 Å². The Balaban J connectivity index is 0.000000216. The lowest BCUT2D eigenvalue weighted by Gasteiger charge is -2.42. The van der Waals surface area contributed by atoms with Crippen LogP contribution in [0.3, 0.4) is 0 Å². The summed E-state index contributed by atoms with van der Waals surface area (Å²) in [7, 11) is 0. The Kier molecular flexibility index (Phi) is 13.3. The summed E-state index contributed by atoms with van der Waals surface area (Å²) in [5.74, 6) is -1.63. The molecule has 16 heteroatoms. The molecule has 2 fully saturated rings. The number of carbonyl (C=O) groups is 4. The zero-order valence-corrected chi connectivity index (χ0v) is 32.6. The molecule has 2 saturated heterocycles. The van der Waals surface area contributed by atoms with Crippen molar-refractivity contribution in [1.82, 2.24) is 20.2 Å². The molecule has 12 nitrogen and oxygen atoms in total. The van der Waals surface area contributed by atoms with Gasteiger partial charge >= 0.3 is 12.1 Å². The molecular formula is C40H43Cl2F2N7O5. The highest BCUT2D eigenvalue weighted by Gasteiger charge is 2.43. The van der Waals surface area contributed by atoms with Crippen LogP contribution in [-0.2, 0) is 9.59 Å². The zero-order valence-electron chi connectivity index (χ0n) is 31.0. The number of nitrogens with two attached hydrogens (primary N) is 1. The van der Waals surface area contributed by atoms with Gasteiger partial charge in [0.05, 0.1) is 21.4 Å². The standard InChI is InChI=1S/C22H25ClFN3O3.C18H18ClFN4O2/c1-22(2,3)27(21(29)30)19(15-8-5-4-6-9-15)20(28)26-13-7-12-25(26)18-11-10-16(24)14-17(18)23;19-14-11-13(20)7-8-15(14)23-9-4-10-24(23)17(25)16(22-18(21)26)12-5-2-1-3-6-12/h4-6,8-11,14,19H,7,12-13H2,1-3H3,(H,29,30);1-3,5-8,11,16H,4,9-10H2,(H3,21,22,26)/t19-;16-/m00/s1. The van der Waals surface area contributed by atoms with E-state index < -0.39 is 41.4 Å². The highest BCUT2D eigenvalue weighted by molar-refractivity contribution is 6.33. The number of nitrogens with zero attached hydrogens (tertiary/aromatic N) is 5. The SMILES string of the molecule is CC(C)(C)N(C(=O)O)[C@H](C(=O)N1CCCN1c1ccc(F)cc1Cl)c1ccccc1.NC(=O)N[C@H](C(=O)N1CCCN1c1ccc(F)cc1Cl)c1ccccc1. The number of halogens is 4. The number of hydrogen-bond donors (Lipinski definition) is 3. The number of amides is 5. The summed E-state index contributed by atoms with van der Waals surface area (Å²) in [5.41, 5.74) is 6.68. The maximum atomic E-state index is 13.8. The fraction of sp³-hybridized carbons (Fsp3) is 0.300. The van der Waals surface area contributed by atoms with E-state index in [1.807, 2.05) is 12.1 Å². The number of urea groups is 1. The van der Waals surface area contributed by atoms with E-state index in [-0.39, 0.29) is 21.9 Å². The predicted molar refractivity (Wildman–Crippen MR) is 211 cm³/mol. The first kappa shape index (κ1) is 41.6. The maximum Gasteiger partial charge on any atom is 0.408 e. The Morgan fingerprint density at radius 2 is 1.16 bits per heavy atom. The van der Waals surface area contributed by atoms with E-state index in [2.05, 4.69) is 5.32 Å². The quantitative estimate of drug-likeness (QED) is 0.165.